The molecule has 1 rings (SSSR count). The van der Waals surface area contributed by atoms with Gasteiger partial charge in [-0.2, -0.15) is 0 Å². The van der Waals surface area contributed by atoms with Gasteiger partial charge in [0.05, 0.1) is 20.0 Å². The quantitative estimate of drug-likeness (QED) is 0.572. The molecule has 18 heavy (non-hydrogen) atoms. The highest BCUT2D eigenvalue weighted by atomic mass is 35.5. The Morgan fingerprint density at radius 3 is 2.44 bits per heavy atom. The second kappa shape index (κ2) is 6.85. The summed E-state index contributed by atoms with van der Waals surface area (Å²) >= 11 is 5.54. The first kappa shape index (κ1) is 15.1. The number of halogens is 1. The second-order valence-corrected chi connectivity index (χ2v) is 6.19. The predicted molar refractivity (Wildman–Crippen MR) is 71.6 cm³/mol. The van der Waals surface area contributed by atoms with Gasteiger partial charge >= 0.3 is 0 Å². The van der Waals surface area contributed by atoms with E-state index in [0.717, 1.165) is 0 Å². The molecule has 0 aromatic heterocycles. The number of rotatable bonds is 7. The van der Waals surface area contributed by atoms with Crippen molar-refractivity contribution in [3.63, 3.8) is 0 Å². The molecule has 0 bridgehead atoms. The molecule has 6 heteroatoms. The van der Waals surface area contributed by atoms with Crippen molar-refractivity contribution in [2.45, 2.75) is 17.7 Å². The van der Waals surface area contributed by atoms with E-state index in [-0.39, 0.29) is 10.6 Å². The Bertz CT molecular complexity index is 485. The fourth-order valence-corrected chi connectivity index (χ4v) is 3.27. The highest BCUT2D eigenvalue weighted by Crippen LogP contribution is 2.29. The molecule has 4 nitrogen and oxygen atoms in total. The van der Waals surface area contributed by atoms with Gasteiger partial charge in [-0.05, 0) is 25.0 Å². The van der Waals surface area contributed by atoms with Crippen LogP contribution in [-0.4, -0.2) is 34.3 Å². The van der Waals surface area contributed by atoms with Crippen molar-refractivity contribution in [2.75, 3.05) is 25.9 Å². The van der Waals surface area contributed by atoms with Crippen LogP contribution in [0.3, 0.4) is 0 Å². The van der Waals surface area contributed by atoms with Crippen LogP contribution in [-0.2, 0) is 9.84 Å². The maximum atomic E-state index is 12.2. The molecule has 0 aliphatic heterocycles. The number of ether oxygens (including phenoxy) is 2. The van der Waals surface area contributed by atoms with Gasteiger partial charge in [-0.15, -0.1) is 11.6 Å². The van der Waals surface area contributed by atoms with Crippen LogP contribution in [0.15, 0.2) is 23.1 Å². The Balaban J connectivity index is 3.05. The molecular weight excluding hydrogens is 276 g/mol. The Morgan fingerprint density at radius 1 is 1.17 bits per heavy atom. The number of unbranched alkanes of at least 4 members (excludes halogenated alkanes) is 1. The summed E-state index contributed by atoms with van der Waals surface area (Å²) in [5.74, 6) is 1.35. The van der Waals surface area contributed by atoms with E-state index in [1.807, 2.05) is 0 Å². The van der Waals surface area contributed by atoms with Crippen molar-refractivity contribution >= 4 is 21.4 Å². The van der Waals surface area contributed by atoms with Crippen LogP contribution in [0.2, 0.25) is 0 Å². The summed E-state index contributed by atoms with van der Waals surface area (Å²) in [6.07, 6.45) is 1.21. The van der Waals surface area contributed by atoms with E-state index in [1.165, 1.54) is 20.3 Å². The van der Waals surface area contributed by atoms with E-state index in [4.69, 9.17) is 21.1 Å². The molecule has 0 atom stereocenters. The molecule has 1 aromatic carbocycles. The Morgan fingerprint density at radius 2 is 1.89 bits per heavy atom. The van der Waals surface area contributed by atoms with Gasteiger partial charge in [-0.1, -0.05) is 0 Å². The standard InChI is InChI=1S/C12H17ClO4S/c1-16-10-5-6-11(17-2)12(9-10)18(14,15)8-4-3-7-13/h5-6,9H,3-4,7-8H2,1-2H3. The average Bonchev–Trinajstić information content (AvgIpc) is 2.38. The number of benzene rings is 1. The van der Waals surface area contributed by atoms with Gasteiger partial charge in [-0.3, -0.25) is 0 Å². The topological polar surface area (TPSA) is 52.6 Å². The third-order valence-corrected chi connectivity index (χ3v) is 4.59. The zero-order chi connectivity index (χ0) is 13.6. The van der Waals surface area contributed by atoms with Crippen LogP contribution in [0.25, 0.3) is 0 Å². The first-order valence-electron chi connectivity index (χ1n) is 5.56. The van der Waals surface area contributed by atoms with Crippen molar-refractivity contribution in [1.29, 1.82) is 0 Å². The average molecular weight is 293 g/mol. The van der Waals surface area contributed by atoms with Gasteiger partial charge in [0.2, 0.25) is 0 Å². The maximum Gasteiger partial charge on any atom is 0.182 e. The van der Waals surface area contributed by atoms with Crippen molar-refractivity contribution in [3.8, 4) is 11.5 Å². The molecule has 0 aliphatic carbocycles. The number of hydrogen-bond donors (Lipinski definition) is 0. The van der Waals surface area contributed by atoms with Crippen LogP contribution < -0.4 is 9.47 Å². The minimum absolute atomic E-state index is 0.0588. The van der Waals surface area contributed by atoms with E-state index >= 15 is 0 Å². The first-order valence-corrected chi connectivity index (χ1v) is 7.74. The third kappa shape index (κ3) is 3.78. The zero-order valence-corrected chi connectivity index (χ0v) is 12.1. The SMILES string of the molecule is COc1ccc(OC)c(S(=O)(=O)CCCCCl)c1. The molecule has 0 saturated carbocycles. The lowest BCUT2D eigenvalue weighted by atomic mass is 10.3. The van der Waals surface area contributed by atoms with E-state index < -0.39 is 9.84 Å². The summed E-state index contributed by atoms with van der Waals surface area (Å²) in [6, 6.07) is 4.73. The van der Waals surface area contributed by atoms with Crippen LogP contribution in [0.5, 0.6) is 11.5 Å². The summed E-state index contributed by atoms with van der Waals surface area (Å²) < 4.78 is 34.5. The molecule has 0 spiro atoms. The van der Waals surface area contributed by atoms with Crippen molar-refractivity contribution in [2.24, 2.45) is 0 Å². The Hall–Kier alpha value is -0.940. The summed E-state index contributed by atoms with van der Waals surface area (Å²) in [5, 5.41) is 0. The normalized spacial score (nSPS) is 11.3. The summed E-state index contributed by atoms with van der Waals surface area (Å²) in [4.78, 5) is 0.166. The highest BCUT2D eigenvalue weighted by Gasteiger charge is 2.20. The number of methoxy groups -OCH3 is 2. The van der Waals surface area contributed by atoms with Gasteiger partial charge in [-0.25, -0.2) is 8.42 Å². The summed E-state index contributed by atoms with van der Waals surface area (Å²) in [6.45, 7) is 0. The molecule has 0 aliphatic rings. The minimum atomic E-state index is -3.37. The summed E-state index contributed by atoms with van der Waals surface area (Å²) in [5.41, 5.74) is 0. The number of sulfone groups is 1. The van der Waals surface area contributed by atoms with Gasteiger partial charge in [0, 0.05) is 11.9 Å². The number of hydrogen-bond acceptors (Lipinski definition) is 4. The molecule has 0 fully saturated rings. The maximum absolute atomic E-state index is 12.2. The highest BCUT2D eigenvalue weighted by molar-refractivity contribution is 7.91. The smallest absolute Gasteiger partial charge is 0.182 e. The van der Waals surface area contributed by atoms with Crippen LogP contribution in [0, 0.1) is 0 Å². The molecule has 0 amide bonds. The van der Waals surface area contributed by atoms with Gasteiger partial charge in [0.1, 0.15) is 16.4 Å². The van der Waals surface area contributed by atoms with Crippen molar-refractivity contribution < 1.29 is 17.9 Å². The molecule has 0 unspecified atom stereocenters. The molecule has 1 aromatic rings. The van der Waals surface area contributed by atoms with Crippen molar-refractivity contribution in [3.05, 3.63) is 18.2 Å². The fraction of sp³-hybridized carbons (Fsp3) is 0.500. The van der Waals surface area contributed by atoms with Gasteiger partial charge < -0.3 is 9.47 Å². The molecule has 0 N–H and O–H groups in total. The summed E-state index contributed by atoms with van der Waals surface area (Å²) in [7, 11) is -0.436. The molecule has 0 heterocycles. The van der Waals surface area contributed by atoms with E-state index in [0.29, 0.717) is 30.2 Å². The number of alkyl halides is 1. The monoisotopic (exact) mass is 292 g/mol. The van der Waals surface area contributed by atoms with E-state index in [2.05, 4.69) is 0 Å². The first-order chi connectivity index (χ1) is 8.55. The second-order valence-electron chi connectivity index (χ2n) is 3.73. The molecule has 102 valence electrons. The molecular formula is C12H17ClO4S. The lowest BCUT2D eigenvalue weighted by Gasteiger charge is -2.11. The van der Waals surface area contributed by atoms with Crippen molar-refractivity contribution in [1.82, 2.24) is 0 Å². The Labute approximate surface area is 113 Å². The molecule has 0 radical (unpaired) electrons. The van der Waals surface area contributed by atoms with Gasteiger partial charge in [0.25, 0.3) is 0 Å². The van der Waals surface area contributed by atoms with Gasteiger partial charge in [0.15, 0.2) is 9.84 Å². The van der Waals surface area contributed by atoms with E-state index in [1.54, 1.807) is 12.1 Å². The lowest BCUT2D eigenvalue weighted by molar-refractivity contribution is 0.392. The predicted octanol–water partition coefficient (Wildman–Crippen LogP) is 2.50. The zero-order valence-electron chi connectivity index (χ0n) is 10.5. The Kier molecular flexibility index (Phi) is 5.75. The lowest BCUT2D eigenvalue weighted by Crippen LogP contribution is -2.09. The fourth-order valence-electron chi connectivity index (χ4n) is 1.52. The third-order valence-electron chi connectivity index (χ3n) is 2.50. The van der Waals surface area contributed by atoms with Crippen LogP contribution in [0.4, 0.5) is 0 Å². The van der Waals surface area contributed by atoms with Crippen LogP contribution >= 0.6 is 11.6 Å². The molecule has 0 saturated heterocycles. The van der Waals surface area contributed by atoms with E-state index in [9.17, 15) is 8.42 Å². The largest absolute Gasteiger partial charge is 0.497 e. The minimum Gasteiger partial charge on any atom is -0.497 e. The van der Waals surface area contributed by atoms with Crippen LogP contribution in [0.1, 0.15) is 12.8 Å².